The number of anilines is 1. The number of aromatic nitrogens is 2. The molecule has 0 unspecified atom stereocenters. The molecule has 0 spiro atoms. The highest BCUT2D eigenvalue weighted by Crippen LogP contribution is 2.28. The summed E-state index contributed by atoms with van der Waals surface area (Å²) in [5.74, 6) is 0.827. The lowest BCUT2D eigenvalue weighted by molar-refractivity contribution is 0.122. The quantitative estimate of drug-likeness (QED) is 0.779. The Labute approximate surface area is 121 Å². The number of hydrogen-bond donors (Lipinski definition) is 1. The first kappa shape index (κ1) is 13.4. The fourth-order valence-electron chi connectivity index (χ4n) is 2.58. The Morgan fingerprint density at radius 1 is 1.25 bits per heavy atom. The first-order valence-corrected chi connectivity index (χ1v) is 6.89. The predicted molar refractivity (Wildman–Crippen MR) is 72.2 cm³/mol. The van der Waals surface area contributed by atoms with Crippen LogP contribution in [-0.2, 0) is 17.7 Å². The predicted octanol–water partition coefficient (Wildman–Crippen LogP) is 1.00. The van der Waals surface area contributed by atoms with Crippen LogP contribution >= 0.6 is 11.6 Å². The second kappa shape index (κ2) is 5.41. The van der Waals surface area contributed by atoms with Gasteiger partial charge in [0.2, 0.25) is 5.28 Å². The molecule has 1 aromatic rings. The van der Waals surface area contributed by atoms with Crippen LogP contribution < -0.4 is 4.90 Å². The highest BCUT2D eigenvalue weighted by Gasteiger charge is 2.27. The molecule has 7 nitrogen and oxygen atoms in total. The van der Waals surface area contributed by atoms with Gasteiger partial charge in [-0.05, 0) is 18.0 Å². The summed E-state index contributed by atoms with van der Waals surface area (Å²) < 4.78 is 5.34. The lowest BCUT2D eigenvalue weighted by Crippen LogP contribution is -2.40. The number of carbonyl (C=O) groups is 1. The summed E-state index contributed by atoms with van der Waals surface area (Å²) in [5, 5.41) is 9.24. The van der Waals surface area contributed by atoms with Gasteiger partial charge in [-0.15, -0.1) is 0 Å². The van der Waals surface area contributed by atoms with E-state index in [1.807, 2.05) is 0 Å². The molecule has 0 bridgehead atoms. The van der Waals surface area contributed by atoms with Crippen LogP contribution in [0, 0.1) is 0 Å². The fraction of sp³-hybridized carbons (Fsp3) is 0.583. The zero-order chi connectivity index (χ0) is 14.1. The van der Waals surface area contributed by atoms with Gasteiger partial charge < -0.3 is 19.6 Å². The minimum atomic E-state index is -0.932. The van der Waals surface area contributed by atoms with Crippen LogP contribution in [0.2, 0.25) is 5.28 Å². The van der Waals surface area contributed by atoms with E-state index in [4.69, 9.17) is 21.4 Å². The number of halogens is 1. The molecule has 1 fully saturated rings. The van der Waals surface area contributed by atoms with Crippen LogP contribution in [0.15, 0.2) is 0 Å². The van der Waals surface area contributed by atoms with Gasteiger partial charge in [0.1, 0.15) is 5.82 Å². The number of morpholine rings is 1. The number of nitrogens with zero attached hydrogens (tertiary/aromatic N) is 4. The molecular weight excluding hydrogens is 284 g/mol. The SMILES string of the molecule is O=C(O)N1CCc2c(nc(Cl)nc2N2CCOCC2)C1. The summed E-state index contributed by atoms with van der Waals surface area (Å²) in [7, 11) is 0. The Hall–Kier alpha value is -1.60. The van der Waals surface area contributed by atoms with Gasteiger partial charge >= 0.3 is 6.09 Å². The third-order valence-electron chi connectivity index (χ3n) is 3.60. The van der Waals surface area contributed by atoms with Crippen LogP contribution in [0.25, 0.3) is 0 Å². The number of hydrogen-bond acceptors (Lipinski definition) is 5. The van der Waals surface area contributed by atoms with Crippen LogP contribution in [0.4, 0.5) is 10.6 Å². The van der Waals surface area contributed by atoms with E-state index < -0.39 is 6.09 Å². The van der Waals surface area contributed by atoms with Crippen LogP contribution in [0.3, 0.4) is 0 Å². The van der Waals surface area contributed by atoms with E-state index in [2.05, 4.69) is 14.9 Å². The Balaban J connectivity index is 1.94. The zero-order valence-electron chi connectivity index (χ0n) is 10.9. The zero-order valence-corrected chi connectivity index (χ0v) is 11.6. The average molecular weight is 299 g/mol. The monoisotopic (exact) mass is 298 g/mol. The van der Waals surface area contributed by atoms with Gasteiger partial charge in [0.15, 0.2) is 0 Å². The van der Waals surface area contributed by atoms with Gasteiger partial charge in [-0.25, -0.2) is 14.8 Å². The Morgan fingerprint density at radius 2 is 2.00 bits per heavy atom. The van der Waals surface area contributed by atoms with Gasteiger partial charge in [-0.2, -0.15) is 0 Å². The van der Waals surface area contributed by atoms with Crippen molar-refractivity contribution in [1.29, 1.82) is 0 Å². The van der Waals surface area contributed by atoms with Crippen molar-refractivity contribution in [2.75, 3.05) is 37.7 Å². The molecule has 3 heterocycles. The summed E-state index contributed by atoms with van der Waals surface area (Å²) in [5.41, 5.74) is 1.72. The number of fused-ring (bicyclic) bond motifs is 1. The standard InChI is InChI=1S/C12H15ClN4O3/c13-11-14-9-7-17(12(18)19)2-1-8(9)10(15-11)16-3-5-20-6-4-16/h1-7H2,(H,18,19). The normalized spacial score (nSPS) is 18.9. The highest BCUT2D eigenvalue weighted by atomic mass is 35.5. The number of amides is 1. The third kappa shape index (κ3) is 2.51. The lowest BCUT2D eigenvalue weighted by atomic mass is 10.1. The Morgan fingerprint density at radius 3 is 2.70 bits per heavy atom. The molecule has 0 radical (unpaired) electrons. The summed E-state index contributed by atoms with van der Waals surface area (Å²) >= 11 is 5.98. The molecule has 1 N–H and O–H groups in total. The number of rotatable bonds is 1. The maximum Gasteiger partial charge on any atom is 0.407 e. The van der Waals surface area contributed by atoms with Gasteiger partial charge in [-0.3, -0.25) is 0 Å². The third-order valence-corrected chi connectivity index (χ3v) is 3.77. The molecule has 1 saturated heterocycles. The van der Waals surface area contributed by atoms with Crippen molar-refractivity contribution in [3.63, 3.8) is 0 Å². The second-order valence-corrected chi connectivity index (χ2v) is 5.13. The largest absolute Gasteiger partial charge is 0.465 e. The second-order valence-electron chi connectivity index (χ2n) is 4.80. The molecule has 0 saturated carbocycles. The van der Waals surface area contributed by atoms with Crippen molar-refractivity contribution in [1.82, 2.24) is 14.9 Å². The summed E-state index contributed by atoms with van der Waals surface area (Å²) in [4.78, 5) is 23.1. The van der Waals surface area contributed by atoms with E-state index in [1.165, 1.54) is 4.90 Å². The molecule has 0 atom stereocenters. The number of ether oxygens (including phenoxy) is 1. The summed E-state index contributed by atoms with van der Waals surface area (Å²) in [6.45, 7) is 3.59. The lowest BCUT2D eigenvalue weighted by Gasteiger charge is -2.33. The maximum atomic E-state index is 11.1. The van der Waals surface area contributed by atoms with Crippen molar-refractivity contribution in [3.05, 3.63) is 16.5 Å². The smallest absolute Gasteiger partial charge is 0.407 e. The molecule has 2 aliphatic rings. The van der Waals surface area contributed by atoms with E-state index in [-0.39, 0.29) is 11.8 Å². The molecular formula is C12H15ClN4O3. The summed E-state index contributed by atoms with van der Waals surface area (Å²) in [6.07, 6.45) is -0.316. The van der Waals surface area contributed by atoms with Crippen molar-refractivity contribution in [2.45, 2.75) is 13.0 Å². The Kier molecular flexibility index (Phi) is 3.62. The van der Waals surface area contributed by atoms with Crippen molar-refractivity contribution in [2.24, 2.45) is 0 Å². The molecule has 8 heteroatoms. The van der Waals surface area contributed by atoms with E-state index in [0.717, 1.165) is 24.5 Å². The van der Waals surface area contributed by atoms with Gasteiger partial charge in [0, 0.05) is 25.2 Å². The molecule has 20 heavy (non-hydrogen) atoms. The minimum absolute atomic E-state index is 0.164. The molecule has 1 amide bonds. The first-order valence-electron chi connectivity index (χ1n) is 6.51. The van der Waals surface area contributed by atoms with E-state index >= 15 is 0 Å². The molecule has 0 aliphatic carbocycles. The average Bonchev–Trinajstić information content (AvgIpc) is 2.46. The van der Waals surface area contributed by atoms with Gasteiger partial charge in [0.05, 0.1) is 25.5 Å². The maximum absolute atomic E-state index is 11.1. The fourth-order valence-corrected chi connectivity index (χ4v) is 2.76. The van der Waals surface area contributed by atoms with Crippen molar-refractivity contribution < 1.29 is 14.6 Å². The summed E-state index contributed by atoms with van der Waals surface area (Å²) in [6, 6.07) is 0. The highest BCUT2D eigenvalue weighted by molar-refractivity contribution is 6.28. The molecule has 0 aromatic carbocycles. The minimum Gasteiger partial charge on any atom is -0.465 e. The topological polar surface area (TPSA) is 78.8 Å². The van der Waals surface area contributed by atoms with Crippen molar-refractivity contribution in [3.8, 4) is 0 Å². The number of carboxylic acid groups (broad SMARTS) is 1. The van der Waals surface area contributed by atoms with E-state index in [0.29, 0.717) is 31.9 Å². The molecule has 1 aromatic heterocycles. The molecule has 3 rings (SSSR count). The van der Waals surface area contributed by atoms with Gasteiger partial charge in [0.25, 0.3) is 0 Å². The van der Waals surface area contributed by atoms with Crippen LogP contribution in [-0.4, -0.2) is 58.9 Å². The van der Waals surface area contributed by atoms with Crippen LogP contribution in [0.1, 0.15) is 11.3 Å². The van der Waals surface area contributed by atoms with E-state index in [1.54, 1.807) is 0 Å². The van der Waals surface area contributed by atoms with Gasteiger partial charge in [-0.1, -0.05) is 0 Å². The van der Waals surface area contributed by atoms with Crippen molar-refractivity contribution >= 4 is 23.5 Å². The first-order chi connectivity index (χ1) is 9.65. The molecule has 2 aliphatic heterocycles. The Bertz CT molecular complexity index is 534. The van der Waals surface area contributed by atoms with E-state index in [9.17, 15) is 4.79 Å². The van der Waals surface area contributed by atoms with Crippen LogP contribution in [0.5, 0.6) is 0 Å². The molecule has 108 valence electrons.